The third-order valence-electron chi connectivity index (χ3n) is 2.61. The van der Waals surface area contributed by atoms with Crippen molar-refractivity contribution in [1.29, 1.82) is 0 Å². The van der Waals surface area contributed by atoms with Crippen molar-refractivity contribution >= 4 is 12.3 Å². The fourth-order valence-corrected chi connectivity index (χ4v) is 1.69. The Kier molecular flexibility index (Phi) is 6.59. The van der Waals surface area contributed by atoms with Crippen molar-refractivity contribution in [3.8, 4) is 5.75 Å². The van der Waals surface area contributed by atoms with Crippen molar-refractivity contribution in [3.05, 3.63) is 60.2 Å². The lowest BCUT2D eigenvalue weighted by Gasteiger charge is -2.08. The number of oxime groups is 1. The lowest BCUT2D eigenvalue weighted by Crippen LogP contribution is -2.12. The first-order chi connectivity index (χ1) is 10.4. The van der Waals surface area contributed by atoms with Gasteiger partial charge in [-0.2, -0.15) is 0 Å². The van der Waals surface area contributed by atoms with Gasteiger partial charge in [0.25, 0.3) is 0 Å². The molecule has 0 unspecified atom stereocenters. The van der Waals surface area contributed by atoms with Crippen LogP contribution in [0.1, 0.15) is 11.1 Å². The van der Waals surface area contributed by atoms with Crippen molar-refractivity contribution in [2.45, 2.75) is 13.3 Å². The van der Waals surface area contributed by atoms with Crippen LogP contribution in [0.2, 0.25) is 0 Å². The molecule has 0 aliphatic rings. The van der Waals surface area contributed by atoms with Gasteiger partial charge in [0, 0.05) is 6.72 Å². The average molecular weight is 311 g/mol. The summed E-state index contributed by atoms with van der Waals surface area (Å²) in [6.45, 7) is 8.10. The fraction of sp³-hybridized carbons (Fsp3) is 0.188. The van der Waals surface area contributed by atoms with Gasteiger partial charge in [-0.3, -0.25) is 4.74 Å². The van der Waals surface area contributed by atoms with Crippen molar-refractivity contribution in [2.24, 2.45) is 5.16 Å². The van der Waals surface area contributed by atoms with Gasteiger partial charge in [0.05, 0.1) is 6.61 Å². The third-order valence-corrected chi connectivity index (χ3v) is 2.61. The number of halogens is 3. The molecule has 0 bridgehead atoms. The Morgan fingerprint density at radius 1 is 1.36 bits per heavy atom. The molecule has 0 aliphatic heterocycles. The second-order valence-electron chi connectivity index (χ2n) is 4.22. The third kappa shape index (κ3) is 5.97. The fourth-order valence-electron chi connectivity index (χ4n) is 1.69. The molecule has 0 amide bonds. The van der Waals surface area contributed by atoms with Gasteiger partial charge >= 0.3 is 6.36 Å². The van der Waals surface area contributed by atoms with Crippen LogP contribution in [0.5, 0.6) is 5.75 Å². The average Bonchev–Trinajstić information content (AvgIpc) is 2.43. The van der Waals surface area contributed by atoms with Crippen LogP contribution in [0.4, 0.5) is 13.2 Å². The Bertz CT molecular complexity index is 590. The molecule has 0 heterocycles. The molecule has 0 N–H and O–H groups in total. The van der Waals surface area contributed by atoms with E-state index in [1.54, 1.807) is 24.3 Å². The van der Waals surface area contributed by atoms with Gasteiger partial charge in [-0.15, -0.1) is 13.2 Å². The van der Waals surface area contributed by atoms with Crippen LogP contribution in [-0.2, 0) is 4.74 Å². The Hall–Kier alpha value is -2.34. The van der Waals surface area contributed by atoms with E-state index >= 15 is 0 Å². The first-order valence-corrected chi connectivity index (χ1v) is 6.31. The summed E-state index contributed by atoms with van der Waals surface area (Å²) in [6.07, 6.45) is 1.42. The highest BCUT2D eigenvalue weighted by Crippen LogP contribution is 2.24. The Morgan fingerprint density at radius 2 is 2.09 bits per heavy atom. The lowest BCUT2D eigenvalue weighted by atomic mass is 10.0. The molecule has 0 saturated carbocycles. The summed E-state index contributed by atoms with van der Waals surface area (Å²) in [4.78, 5) is 4.98. The Morgan fingerprint density at radius 3 is 2.64 bits per heavy atom. The molecule has 0 saturated heterocycles. The van der Waals surface area contributed by atoms with Crippen LogP contribution in [0.25, 0.3) is 5.57 Å². The predicted molar refractivity (Wildman–Crippen MR) is 80.7 cm³/mol. The van der Waals surface area contributed by atoms with Crippen LogP contribution in [0.15, 0.2) is 54.2 Å². The zero-order chi connectivity index (χ0) is 16.6. The standard InChI is InChI=1S/C16H16F3NO2/c1-4-6-13(7-5-10-21-16(17,18)19)14-8-9-15(22-20-3)12(2)11-14/h4-9,11H,1,3,10H2,2H3/b7-5-,13-6+. The van der Waals surface area contributed by atoms with Gasteiger partial charge in [0.1, 0.15) is 0 Å². The van der Waals surface area contributed by atoms with E-state index in [2.05, 4.69) is 23.2 Å². The van der Waals surface area contributed by atoms with Crippen LogP contribution in [0.3, 0.4) is 0 Å². The number of ether oxygens (including phenoxy) is 1. The quantitative estimate of drug-likeness (QED) is 0.417. The highest BCUT2D eigenvalue weighted by atomic mass is 19.4. The van der Waals surface area contributed by atoms with Crippen molar-refractivity contribution in [1.82, 2.24) is 0 Å². The summed E-state index contributed by atoms with van der Waals surface area (Å²) in [6, 6.07) is 5.29. The van der Waals surface area contributed by atoms with Gasteiger partial charge in [0.2, 0.25) is 0 Å². The molecule has 1 aromatic rings. The number of rotatable bonds is 7. The summed E-state index contributed by atoms with van der Waals surface area (Å²) in [7, 11) is 0. The van der Waals surface area contributed by atoms with E-state index < -0.39 is 13.0 Å². The van der Waals surface area contributed by atoms with E-state index in [0.717, 1.165) is 11.1 Å². The smallest absolute Gasteiger partial charge is 0.357 e. The van der Waals surface area contributed by atoms with Crippen LogP contribution in [0, 0.1) is 6.92 Å². The van der Waals surface area contributed by atoms with Gasteiger partial charge in [-0.1, -0.05) is 42.1 Å². The molecule has 3 nitrogen and oxygen atoms in total. The minimum atomic E-state index is -4.64. The predicted octanol–water partition coefficient (Wildman–Crippen LogP) is 4.65. The summed E-state index contributed by atoms with van der Waals surface area (Å²) in [5, 5.41) is 3.34. The molecule has 1 aromatic carbocycles. The van der Waals surface area contributed by atoms with E-state index in [1.807, 2.05) is 13.0 Å². The monoisotopic (exact) mass is 311 g/mol. The van der Waals surface area contributed by atoms with Crippen LogP contribution < -0.4 is 4.84 Å². The molecule has 118 valence electrons. The SMILES string of the molecule is C=C/C=C(\C=C/COC(F)(F)F)c1ccc(ON=C)c(C)c1. The van der Waals surface area contributed by atoms with Crippen molar-refractivity contribution in [2.75, 3.05) is 6.61 Å². The number of hydrogen-bond donors (Lipinski definition) is 0. The molecular formula is C16H16F3NO2. The first-order valence-electron chi connectivity index (χ1n) is 6.31. The summed E-state index contributed by atoms with van der Waals surface area (Å²) < 4.78 is 39.4. The number of allylic oxidation sites excluding steroid dienone is 4. The van der Waals surface area contributed by atoms with Crippen LogP contribution in [-0.4, -0.2) is 19.7 Å². The Balaban J connectivity index is 2.90. The van der Waals surface area contributed by atoms with E-state index in [-0.39, 0.29) is 0 Å². The van der Waals surface area contributed by atoms with E-state index in [1.165, 1.54) is 12.2 Å². The Labute approximate surface area is 127 Å². The maximum atomic E-state index is 11.9. The number of alkyl halides is 3. The highest BCUT2D eigenvalue weighted by molar-refractivity contribution is 5.76. The normalized spacial score (nSPS) is 12.5. The lowest BCUT2D eigenvalue weighted by molar-refractivity contribution is -0.319. The maximum Gasteiger partial charge on any atom is 0.522 e. The number of aryl methyl sites for hydroxylation is 1. The summed E-state index contributed by atoms with van der Waals surface area (Å²) in [5.41, 5.74) is 2.32. The minimum absolute atomic E-state index is 0.557. The molecule has 6 heteroatoms. The first kappa shape index (κ1) is 17.7. The van der Waals surface area contributed by atoms with Crippen molar-refractivity contribution in [3.63, 3.8) is 0 Å². The second-order valence-corrected chi connectivity index (χ2v) is 4.22. The second kappa shape index (κ2) is 8.19. The molecule has 0 atom stereocenters. The molecular weight excluding hydrogens is 295 g/mol. The molecule has 0 aromatic heterocycles. The zero-order valence-electron chi connectivity index (χ0n) is 12.1. The van der Waals surface area contributed by atoms with Gasteiger partial charge in [-0.05, 0) is 35.8 Å². The highest BCUT2D eigenvalue weighted by Gasteiger charge is 2.28. The number of benzene rings is 1. The summed E-state index contributed by atoms with van der Waals surface area (Å²) in [5.74, 6) is 0.557. The largest absolute Gasteiger partial charge is 0.522 e. The van der Waals surface area contributed by atoms with Crippen molar-refractivity contribution < 1.29 is 22.7 Å². The summed E-state index contributed by atoms with van der Waals surface area (Å²) >= 11 is 0. The van der Waals surface area contributed by atoms with Crippen LogP contribution >= 0.6 is 0 Å². The molecule has 0 radical (unpaired) electrons. The zero-order valence-corrected chi connectivity index (χ0v) is 12.1. The molecule has 1 rings (SSSR count). The van der Waals surface area contributed by atoms with Gasteiger partial charge in [0.15, 0.2) is 5.75 Å². The number of nitrogens with zero attached hydrogens (tertiary/aromatic N) is 1. The maximum absolute atomic E-state index is 11.9. The van der Waals surface area contributed by atoms with Gasteiger partial charge < -0.3 is 4.84 Å². The van der Waals surface area contributed by atoms with E-state index in [0.29, 0.717) is 11.3 Å². The van der Waals surface area contributed by atoms with E-state index in [4.69, 9.17) is 4.84 Å². The molecule has 0 aliphatic carbocycles. The molecule has 0 spiro atoms. The molecule has 22 heavy (non-hydrogen) atoms. The van der Waals surface area contributed by atoms with E-state index in [9.17, 15) is 13.2 Å². The minimum Gasteiger partial charge on any atom is -0.357 e. The number of hydrogen-bond acceptors (Lipinski definition) is 3. The topological polar surface area (TPSA) is 30.8 Å². The van der Waals surface area contributed by atoms with Gasteiger partial charge in [-0.25, -0.2) is 0 Å². The molecule has 0 fully saturated rings.